The second-order valence-corrected chi connectivity index (χ2v) is 6.33. The second kappa shape index (κ2) is 7.92. The number of aromatic nitrogens is 2. The molecular weight excluding hydrogens is 351 g/mol. The zero-order valence-electron chi connectivity index (χ0n) is 14.6. The van der Waals surface area contributed by atoms with Gasteiger partial charge >= 0.3 is 12.1 Å². The third-order valence-electron chi connectivity index (χ3n) is 4.66. The molecule has 2 heterocycles. The van der Waals surface area contributed by atoms with E-state index in [4.69, 9.17) is 14.9 Å². The number of nitrogens with zero attached hydrogens (tertiary/aromatic N) is 3. The molecule has 144 valence electrons. The lowest BCUT2D eigenvalue weighted by atomic mass is 10.0. The van der Waals surface area contributed by atoms with Gasteiger partial charge in [-0.25, -0.2) is 9.78 Å². The van der Waals surface area contributed by atoms with Gasteiger partial charge in [0.1, 0.15) is 5.82 Å². The van der Waals surface area contributed by atoms with Crippen LogP contribution in [-0.2, 0) is 29.5 Å². The van der Waals surface area contributed by atoms with Crippen LogP contribution in [0.2, 0.25) is 0 Å². The van der Waals surface area contributed by atoms with Crippen molar-refractivity contribution in [2.75, 3.05) is 6.54 Å². The van der Waals surface area contributed by atoms with Gasteiger partial charge in [-0.15, -0.1) is 0 Å². The van der Waals surface area contributed by atoms with Crippen LogP contribution in [0.3, 0.4) is 0 Å². The number of fused-ring (bicyclic) bond motifs is 1. The van der Waals surface area contributed by atoms with Crippen molar-refractivity contribution >= 4 is 11.9 Å². The van der Waals surface area contributed by atoms with E-state index in [9.17, 15) is 18.0 Å². The Kier molecular flexibility index (Phi) is 6.09. The fourth-order valence-corrected chi connectivity index (χ4v) is 3.42. The predicted molar refractivity (Wildman–Crippen MR) is 87.4 cm³/mol. The molecule has 3 rings (SSSR count). The molecule has 0 saturated carbocycles. The number of aryl methyl sites for hydroxylation is 1. The zero-order chi connectivity index (χ0) is 19.5. The van der Waals surface area contributed by atoms with Crippen molar-refractivity contribution in [3.8, 4) is 0 Å². The van der Waals surface area contributed by atoms with Crippen molar-refractivity contribution in [2.45, 2.75) is 50.7 Å². The van der Waals surface area contributed by atoms with Gasteiger partial charge in [0, 0.05) is 19.3 Å². The zero-order valence-corrected chi connectivity index (χ0v) is 14.6. The molecule has 1 aromatic heterocycles. The fraction of sp³-hybridized carbons (Fsp3) is 0.588. The minimum atomic E-state index is -5.08. The molecule has 1 N–H and O–H groups in total. The molecule has 1 saturated heterocycles. The lowest BCUT2D eigenvalue weighted by Crippen LogP contribution is -2.30. The van der Waals surface area contributed by atoms with Crippen molar-refractivity contribution in [1.82, 2.24) is 14.5 Å². The highest BCUT2D eigenvalue weighted by atomic mass is 19.4. The van der Waals surface area contributed by atoms with E-state index in [1.165, 1.54) is 30.3 Å². The number of carbonyl (C=O) groups excluding carboxylic acids is 1. The number of carboxylic acid groups (broad SMARTS) is 1. The van der Waals surface area contributed by atoms with Crippen LogP contribution in [0.1, 0.15) is 48.9 Å². The Balaban J connectivity index is 0.000000298. The number of carbonyl (C=O) groups is 2. The van der Waals surface area contributed by atoms with E-state index in [-0.39, 0.29) is 11.9 Å². The molecule has 0 radical (unpaired) electrons. The molecule has 0 bridgehead atoms. The van der Waals surface area contributed by atoms with Gasteiger partial charge in [0.25, 0.3) is 0 Å². The van der Waals surface area contributed by atoms with Gasteiger partial charge in [0.2, 0.25) is 5.91 Å². The third kappa shape index (κ3) is 4.25. The number of carboxylic acids is 1. The Bertz CT molecular complexity index is 697. The summed E-state index contributed by atoms with van der Waals surface area (Å²) >= 11 is 0. The fourth-order valence-electron chi connectivity index (χ4n) is 3.42. The summed E-state index contributed by atoms with van der Waals surface area (Å²) in [4.78, 5) is 27.6. The summed E-state index contributed by atoms with van der Waals surface area (Å²) in [7, 11) is 2.10. The number of imidazole rings is 1. The highest BCUT2D eigenvalue weighted by molar-refractivity contribution is 5.87. The normalized spacial score (nSPS) is 19.4. The van der Waals surface area contributed by atoms with Crippen LogP contribution in [0, 0.1) is 0 Å². The average Bonchev–Trinajstić information content (AvgIpc) is 3.19. The summed E-state index contributed by atoms with van der Waals surface area (Å²) in [6.07, 6.45) is 3.12. The van der Waals surface area contributed by atoms with Crippen molar-refractivity contribution in [1.29, 1.82) is 0 Å². The van der Waals surface area contributed by atoms with Crippen LogP contribution in [0.15, 0.2) is 12.7 Å². The van der Waals surface area contributed by atoms with Crippen molar-refractivity contribution in [2.24, 2.45) is 7.05 Å². The van der Waals surface area contributed by atoms with Crippen LogP contribution >= 0.6 is 0 Å². The molecule has 1 fully saturated rings. The summed E-state index contributed by atoms with van der Waals surface area (Å²) in [6, 6.07) is 0.140. The Morgan fingerprint density at radius 3 is 2.42 bits per heavy atom. The topological polar surface area (TPSA) is 75.4 Å². The molecule has 26 heavy (non-hydrogen) atoms. The summed E-state index contributed by atoms with van der Waals surface area (Å²) in [6.45, 7) is 4.43. The quantitative estimate of drug-likeness (QED) is 0.809. The Labute approximate surface area is 149 Å². The Morgan fingerprint density at radius 1 is 1.27 bits per heavy atom. The van der Waals surface area contributed by atoms with E-state index in [0.29, 0.717) is 0 Å². The van der Waals surface area contributed by atoms with E-state index in [2.05, 4.69) is 18.2 Å². The monoisotopic (exact) mass is 373 g/mol. The maximum absolute atomic E-state index is 11.9. The smallest absolute Gasteiger partial charge is 0.475 e. The number of halogens is 3. The van der Waals surface area contributed by atoms with E-state index in [0.717, 1.165) is 38.1 Å². The molecule has 0 aromatic carbocycles. The number of likely N-dealkylation sites (tertiary alicyclic amines) is 1. The first-order valence-corrected chi connectivity index (χ1v) is 8.44. The molecule has 1 amide bonds. The van der Waals surface area contributed by atoms with Gasteiger partial charge in [-0.3, -0.25) is 4.79 Å². The Morgan fingerprint density at radius 2 is 1.88 bits per heavy atom. The van der Waals surface area contributed by atoms with Crippen LogP contribution < -0.4 is 0 Å². The maximum Gasteiger partial charge on any atom is 0.490 e. The number of aliphatic carboxylic acids is 1. The standard InChI is InChI=1S/C15H21N3O.C2HF3O2/c1-3-14(19)18-10-6-9-13(18)15-16-11-7-4-5-8-12(11)17(15)2;3-2(4,5)1(6)7/h3,13H,1,4-10H2,2H3;(H,6,7). The molecule has 1 atom stereocenters. The summed E-state index contributed by atoms with van der Waals surface area (Å²) in [5.74, 6) is -1.66. The molecular formula is C17H22F3N3O3. The van der Waals surface area contributed by atoms with Gasteiger partial charge in [0.15, 0.2) is 0 Å². The van der Waals surface area contributed by atoms with Gasteiger partial charge < -0.3 is 14.6 Å². The number of hydrogen-bond donors (Lipinski definition) is 1. The molecule has 1 aliphatic carbocycles. The highest BCUT2D eigenvalue weighted by Crippen LogP contribution is 2.33. The van der Waals surface area contributed by atoms with E-state index in [1.807, 2.05) is 4.90 Å². The molecule has 1 aromatic rings. The first kappa shape index (κ1) is 20.0. The lowest BCUT2D eigenvalue weighted by Gasteiger charge is -2.23. The van der Waals surface area contributed by atoms with Gasteiger partial charge in [-0.2, -0.15) is 13.2 Å². The second-order valence-electron chi connectivity index (χ2n) is 6.33. The summed E-state index contributed by atoms with van der Waals surface area (Å²) in [5.41, 5.74) is 2.63. The minimum absolute atomic E-state index is 0.0310. The van der Waals surface area contributed by atoms with Crippen LogP contribution in [0.4, 0.5) is 13.2 Å². The van der Waals surface area contributed by atoms with Gasteiger partial charge in [-0.1, -0.05) is 6.58 Å². The largest absolute Gasteiger partial charge is 0.490 e. The van der Waals surface area contributed by atoms with E-state index >= 15 is 0 Å². The summed E-state index contributed by atoms with van der Waals surface area (Å²) < 4.78 is 34.0. The molecule has 9 heteroatoms. The number of hydrogen-bond acceptors (Lipinski definition) is 3. The Hall–Kier alpha value is -2.32. The van der Waals surface area contributed by atoms with Gasteiger partial charge in [-0.05, 0) is 44.6 Å². The predicted octanol–water partition coefficient (Wildman–Crippen LogP) is 2.78. The van der Waals surface area contributed by atoms with Gasteiger partial charge in [0.05, 0.1) is 11.7 Å². The number of rotatable bonds is 2. The molecule has 6 nitrogen and oxygen atoms in total. The van der Waals surface area contributed by atoms with Crippen LogP contribution in [0.5, 0.6) is 0 Å². The highest BCUT2D eigenvalue weighted by Gasteiger charge is 2.38. The number of alkyl halides is 3. The van der Waals surface area contributed by atoms with Crippen LogP contribution in [0.25, 0.3) is 0 Å². The summed E-state index contributed by atoms with van der Waals surface area (Å²) in [5, 5.41) is 7.12. The van der Waals surface area contributed by atoms with Crippen molar-refractivity contribution in [3.63, 3.8) is 0 Å². The minimum Gasteiger partial charge on any atom is -0.475 e. The molecule has 2 aliphatic rings. The van der Waals surface area contributed by atoms with E-state index < -0.39 is 12.1 Å². The van der Waals surface area contributed by atoms with Crippen molar-refractivity contribution in [3.05, 3.63) is 29.9 Å². The van der Waals surface area contributed by atoms with Crippen molar-refractivity contribution < 1.29 is 27.9 Å². The molecule has 0 spiro atoms. The molecule has 1 unspecified atom stereocenters. The third-order valence-corrected chi connectivity index (χ3v) is 4.66. The lowest BCUT2D eigenvalue weighted by molar-refractivity contribution is -0.192. The number of amides is 1. The maximum atomic E-state index is 11.9. The first-order chi connectivity index (χ1) is 12.2. The van der Waals surface area contributed by atoms with Crippen LogP contribution in [-0.4, -0.2) is 44.2 Å². The van der Waals surface area contributed by atoms with E-state index in [1.54, 1.807) is 0 Å². The first-order valence-electron chi connectivity index (χ1n) is 8.44. The molecule has 1 aliphatic heterocycles. The average molecular weight is 373 g/mol. The SMILES string of the molecule is C=CC(=O)N1CCCC1c1nc2c(n1C)CCCC2.O=C(O)C(F)(F)F.